The average molecular weight is 284 g/mol. The molecule has 1 aromatic rings. The molecule has 0 bridgehead atoms. The fourth-order valence-corrected chi connectivity index (χ4v) is 1.68. The van der Waals surface area contributed by atoms with Crippen LogP contribution in [0.25, 0.3) is 0 Å². The first-order chi connectivity index (χ1) is 9.17. The molecule has 0 fully saturated rings. The minimum Gasteiger partial charge on any atom is -0.497 e. The van der Waals surface area contributed by atoms with Crippen molar-refractivity contribution < 1.29 is 9.47 Å². The average Bonchev–Trinajstić information content (AvgIpc) is 2.40. The van der Waals surface area contributed by atoms with E-state index in [-0.39, 0.29) is 0 Å². The van der Waals surface area contributed by atoms with Crippen molar-refractivity contribution in [1.29, 1.82) is 0 Å². The van der Waals surface area contributed by atoms with E-state index in [2.05, 4.69) is 19.2 Å². The summed E-state index contributed by atoms with van der Waals surface area (Å²) in [4.78, 5) is 0. The highest BCUT2D eigenvalue weighted by atomic mass is 35.5. The topological polar surface area (TPSA) is 30.5 Å². The van der Waals surface area contributed by atoms with E-state index >= 15 is 0 Å². The highest BCUT2D eigenvalue weighted by Crippen LogP contribution is 2.25. The molecule has 0 aliphatic carbocycles. The Morgan fingerprint density at radius 3 is 2.79 bits per heavy atom. The van der Waals surface area contributed by atoms with Crippen LogP contribution in [0.2, 0.25) is 0 Å². The number of benzene rings is 1. The van der Waals surface area contributed by atoms with E-state index in [4.69, 9.17) is 21.1 Å². The molecule has 1 N–H and O–H groups in total. The van der Waals surface area contributed by atoms with Gasteiger partial charge in [0.2, 0.25) is 0 Å². The normalized spacial score (nSPS) is 11.2. The molecule has 4 heteroatoms. The molecule has 0 aliphatic rings. The van der Waals surface area contributed by atoms with Gasteiger partial charge in [0.05, 0.1) is 7.11 Å². The van der Waals surface area contributed by atoms with Crippen molar-refractivity contribution in [2.45, 2.75) is 20.4 Å². The van der Waals surface area contributed by atoms with Gasteiger partial charge in [0.25, 0.3) is 0 Å². The molecule has 0 radical (unpaired) electrons. The van der Waals surface area contributed by atoms with Crippen LogP contribution < -0.4 is 14.8 Å². The van der Waals surface area contributed by atoms with Crippen molar-refractivity contribution in [3.05, 3.63) is 35.4 Å². The number of nitrogens with one attached hydrogen (secondary N) is 1. The van der Waals surface area contributed by atoms with Gasteiger partial charge >= 0.3 is 0 Å². The van der Waals surface area contributed by atoms with Gasteiger partial charge in [-0.25, -0.2) is 0 Å². The molecule has 19 heavy (non-hydrogen) atoms. The van der Waals surface area contributed by atoms with Gasteiger partial charge in [-0.15, -0.1) is 0 Å². The summed E-state index contributed by atoms with van der Waals surface area (Å²) in [7, 11) is 1.65. The number of hydrogen-bond donors (Lipinski definition) is 1. The van der Waals surface area contributed by atoms with Crippen LogP contribution in [0.4, 0.5) is 0 Å². The molecule has 0 aliphatic heterocycles. The lowest BCUT2D eigenvalue weighted by Gasteiger charge is -2.13. The smallest absolute Gasteiger partial charge is 0.127 e. The summed E-state index contributed by atoms with van der Waals surface area (Å²) < 4.78 is 10.9. The van der Waals surface area contributed by atoms with Crippen LogP contribution in [-0.2, 0) is 6.54 Å². The number of halogens is 1. The molecular formula is C15H22ClNO2. The van der Waals surface area contributed by atoms with E-state index in [9.17, 15) is 0 Å². The Hall–Kier alpha value is -1.19. The predicted octanol–water partition coefficient (Wildman–Crippen LogP) is 3.57. The maximum Gasteiger partial charge on any atom is 0.127 e. The molecule has 0 amide bonds. The first kappa shape index (κ1) is 15.9. The Morgan fingerprint density at radius 1 is 1.37 bits per heavy atom. The Bertz CT molecular complexity index is 405. The Kier molecular flexibility index (Phi) is 7.38. The molecular weight excluding hydrogens is 262 g/mol. The summed E-state index contributed by atoms with van der Waals surface area (Å²) in [6, 6.07) is 5.86. The van der Waals surface area contributed by atoms with E-state index in [1.54, 1.807) is 13.2 Å². The molecule has 0 spiro atoms. The van der Waals surface area contributed by atoms with Crippen LogP contribution in [0.5, 0.6) is 11.5 Å². The van der Waals surface area contributed by atoms with Crippen LogP contribution in [0.1, 0.15) is 19.4 Å². The van der Waals surface area contributed by atoms with Gasteiger partial charge in [0.15, 0.2) is 0 Å². The van der Waals surface area contributed by atoms with Crippen LogP contribution in [-0.4, -0.2) is 20.3 Å². The fraction of sp³-hybridized carbons (Fsp3) is 0.467. The largest absolute Gasteiger partial charge is 0.497 e. The highest BCUT2D eigenvalue weighted by molar-refractivity contribution is 6.25. The Morgan fingerprint density at radius 2 is 2.16 bits per heavy atom. The van der Waals surface area contributed by atoms with Crippen molar-refractivity contribution in [3.8, 4) is 11.5 Å². The lowest BCUT2D eigenvalue weighted by Crippen LogP contribution is -2.19. The van der Waals surface area contributed by atoms with Gasteiger partial charge in [0, 0.05) is 23.7 Å². The van der Waals surface area contributed by atoms with E-state index in [0.29, 0.717) is 12.5 Å². The summed E-state index contributed by atoms with van der Waals surface area (Å²) in [6.45, 7) is 6.58. The van der Waals surface area contributed by atoms with Gasteiger partial charge in [-0.3, -0.25) is 0 Å². The maximum atomic E-state index is 5.69. The quantitative estimate of drug-likeness (QED) is 0.791. The highest BCUT2D eigenvalue weighted by Gasteiger charge is 2.06. The van der Waals surface area contributed by atoms with Crippen LogP contribution >= 0.6 is 11.6 Å². The first-order valence-electron chi connectivity index (χ1n) is 6.43. The summed E-state index contributed by atoms with van der Waals surface area (Å²) in [6.07, 6.45) is 1.76. The second-order valence-corrected chi connectivity index (χ2v) is 4.92. The number of ether oxygens (including phenoxy) is 2. The third-order valence-corrected chi connectivity index (χ3v) is 2.74. The molecule has 1 rings (SSSR count). The van der Waals surface area contributed by atoms with Crippen molar-refractivity contribution >= 4 is 11.6 Å². The monoisotopic (exact) mass is 283 g/mol. The van der Waals surface area contributed by atoms with Crippen molar-refractivity contribution in [2.24, 2.45) is 5.92 Å². The third kappa shape index (κ3) is 5.99. The molecule has 106 valence electrons. The summed E-state index contributed by atoms with van der Waals surface area (Å²) in [5.74, 6) is 2.24. The summed E-state index contributed by atoms with van der Waals surface area (Å²) in [5.41, 5.74) is 2.57. The minimum atomic E-state index is 0.452. The second-order valence-electron chi connectivity index (χ2n) is 4.67. The van der Waals surface area contributed by atoms with Crippen LogP contribution in [0.3, 0.4) is 0 Å². The number of rotatable bonds is 8. The lowest BCUT2D eigenvalue weighted by atomic mass is 10.1. The Balaban J connectivity index is 2.70. The number of methoxy groups -OCH3 is 1. The van der Waals surface area contributed by atoms with Crippen molar-refractivity contribution in [2.75, 3.05) is 20.3 Å². The number of hydrogen-bond acceptors (Lipinski definition) is 3. The van der Waals surface area contributed by atoms with Gasteiger partial charge in [-0.1, -0.05) is 31.5 Å². The molecule has 0 aromatic heterocycles. The zero-order chi connectivity index (χ0) is 14.1. The Labute approximate surface area is 120 Å². The van der Waals surface area contributed by atoms with Crippen LogP contribution in [0, 0.1) is 5.92 Å². The van der Waals surface area contributed by atoms with E-state index in [1.165, 1.54) is 5.54 Å². The standard InChI is InChI=1S/C15H22ClNO2/c1-12(2)10-17-11-13-5-6-14(18-3)9-15(13)19-8-4-7-16/h4-7,9,12,17H,8,10-11H2,1-3H3/b7-4+. The molecule has 0 heterocycles. The molecule has 0 atom stereocenters. The molecule has 0 saturated heterocycles. The van der Waals surface area contributed by atoms with Gasteiger partial charge < -0.3 is 14.8 Å². The van der Waals surface area contributed by atoms with E-state index in [1.807, 2.05) is 18.2 Å². The van der Waals surface area contributed by atoms with Crippen LogP contribution in [0.15, 0.2) is 29.8 Å². The zero-order valence-electron chi connectivity index (χ0n) is 11.8. The maximum absolute atomic E-state index is 5.69. The van der Waals surface area contributed by atoms with Gasteiger partial charge in [-0.05, 0) is 24.6 Å². The fourth-order valence-electron chi connectivity index (χ4n) is 1.61. The van der Waals surface area contributed by atoms with E-state index in [0.717, 1.165) is 30.2 Å². The minimum absolute atomic E-state index is 0.452. The predicted molar refractivity (Wildman–Crippen MR) is 80.0 cm³/mol. The van der Waals surface area contributed by atoms with Gasteiger partial charge in [0.1, 0.15) is 18.1 Å². The lowest BCUT2D eigenvalue weighted by molar-refractivity contribution is 0.351. The molecule has 0 unspecified atom stereocenters. The molecule has 1 aromatic carbocycles. The first-order valence-corrected chi connectivity index (χ1v) is 6.86. The SMILES string of the molecule is COc1ccc(CNCC(C)C)c(OC/C=C/Cl)c1. The summed E-state index contributed by atoms with van der Waals surface area (Å²) >= 11 is 5.49. The van der Waals surface area contributed by atoms with Gasteiger partial charge in [-0.2, -0.15) is 0 Å². The van der Waals surface area contributed by atoms with Crippen molar-refractivity contribution in [3.63, 3.8) is 0 Å². The molecule has 0 saturated carbocycles. The zero-order valence-corrected chi connectivity index (χ0v) is 12.5. The van der Waals surface area contributed by atoms with Crippen molar-refractivity contribution in [1.82, 2.24) is 5.32 Å². The summed E-state index contributed by atoms with van der Waals surface area (Å²) in [5, 5.41) is 3.40. The van der Waals surface area contributed by atoms with E-state index < -0.39 is 0 Å². The second kappa shape index (κ2) is 8.83. The molecule has 3 nitrogen and oxygen atoms in total. The third-order valence-electron chi connectivity index (χ3n) is 2.57.